The van der Waals surface area contributed by atoms with E-state index < -0.39 is 0 Å². The zero-order valence-electron chi connectivity index (χ0n) is 29.7. The van der Waals surface area contributed by atoms with Gasteiger partial charge < -0.3 is 19.1 Å². The summed E-state index contributed by atoms with van der Waals surface area (Å²) >= 11 is 0. The SMILES string of the molecule is c1ccc(B2N(c3ccccc3)B(c3cccc(-c4cccc(-n5c6ccccc6c6ccccc65)c4)c3)N(c3ccccc3)N2c2ccccc2)cc1. The van der Waals surface area contributed by atoms with Gasteiger partial charge in [-0.25, -0.2) is 0 Å². The summed E-state index contributed by atoms with van der Waals surface area (Å²) in [7, 11) is 0. The predicted octanol–water partition coefficient (Wildman–Crippen LogP) is 9.99. The van der Waals surface area contributed by atoms with Crippen LogP contribution < -0.4 is 25.5 Å². The predicted molar refractivity (Wildman–Crippen MR) is 230 cm³/mol. The Morgan fingerprint density at radius 2 is 0.704 bits per heavy atom. The third kappa shape index (κ3) is 5.43. The summed E-state index contributed by atoms with van der Waals surface area (Å²) in [6, 6.07) is 78.8. The summed E-state index contributed by atoms with van der Waals surface area (Å²) in [6.45, 7) is -0.316. The molecular weight excluding hydrogens is 654 g/mol. The van der Waals surface area contributed by atoms with Crippen LogP contribution in [0.25, 0.3) is 38.6 Å². The second kappa shape index (κ2) is 13.6. The van der Waals surface area contributed by atoms with E-state index in [0.29, 0.717) is 0 Å². The van der Waals surface area contributed by atoms with Crippen molar-refractivity contribution in [1.82, 2.24) is 4.57 Å². The molecule has 1 aliphatic heterocycles. The van der Waals surface area contributed by atoms with Crippen LogP contribution in [0.2, 0.25) is 0 Å². The maximum absolute atomic E-state index is 2.57. The summed E-state index contributed by atoms with van der Waals surface area (Å²) in [5.74, 6) is 0. The Bertz CT molecular complexity index is 2560. The molecule has 1 aliphatic rings. The average Bonchev–Trinajstić information content (AvgIpc) is 3.79. The first-order valence-electron chi connectivity index (χ1n) is 18.6. The van der Waals surface area contributed by atoms with Crippen LogP contribution in [0, 0.1) is 0 Å². The highest BCUT2D eigenvalue weighted by atomic mass is 15.7. The van der Waals surface area contributed by atoms with Gasteiger partial charge in [-0.3, -0.25) is 0 Å². The van der Waals surface area contributed by atoms with Crippen LogP contribution in [0.3, 0.4) is 0 Å². The molecule has 4 nitrogen and oxygen atoms in total. The molecule has 1 aromatic heterocycles. The molecule has 1 saturated heterocycles. The van der Waals surface area contributed by atoms with Crippen LogP contribution in [0.1, 0.15) is 0 Å². The molecule has 0 aliphatic carbocycles. The van der Waals surface area contributed by atoms with E-state index in [1.54, 1.807) is 0 Å². The van der Waals surface area contributed by atoms with Crippen LogP contribution >= 0.6 is 0 Å². The van der Waals surface area contributed by atoms with Gasteiger partial charge in [-0.05, 0) is 82.7 Å². The molecule has 0 unspecified atom stereocenters. The van der Waals surface area contributed by atoms with E-state index >= 15 is 0 Å². The smallest absolute Gasteiger partial charge is 0.413 e. The van der Waals surface area contributed by atoms with Gasteiger partial charge in [-0.2, -0.15) is 0 Å². The van der Waals surface area contributed by atoms with Crippen molar-refractivity contribution < 1.29 is 0 Å². The van der Waals surface area contributed by atoms with Gasteiger partial charge in [0.1, 0.15) is 0 Å². The van der Waals surface area contributed by atoms with Crippen LogP contribution in [-0.2, 0) is 0 Å². The van der Waals surface area contributed by atoms with Gasteiger partial charge in [-0.15, -0.1) is 0 Å². The Morgan fingerprint density at radius 1 is 0.296 bits per heavy atom. The molecule has 0 bridgehead atoms. The van der Waals surface area contributed by atoms with Crippen molar-refractivity contribution in [2.24, 2.45) is 0 Å². The minimum atomic E-state index is -0.180. The zero-order chi connectivity index (χ0) is 35.8. The normalized spacial score (nSPS) is 13.0. The quantitative estimate of drug-likeness (QED) is 0.155. The number of anilines is 3. The van der Waals surface area contributed by atoms with Crippen molar-refractivity contribution in [2.75, 3.05) is 14.6 Å². The lowest BCUT2D eigenvalue weighted by molar-refractivity contribution is 1.13. The molecule has 1 fully saturated rings. The monoisotopic (exact) mass is 690 g/mol. The third-order valence-corrected chi connectivity index (χ3v) is 10.6. The van der Waals surface area contributed by atoms with Gasteiger partial charge in [0.15, 0.2) is 0 Å². The Kier molecular flexibility index (Phi) is 7.99. The minimum Gasteiger partial charge on any atom is -0.413 e. The fraction of sp³-hybridized carbons (Fsp3) is 0. The number of para-hydroxylation sites is 5. The van der Waals surface area contributed by atoms with Crippen LogP contribution in [-0.4, -0.2) is 18.5 Å². The highest BCUT2D eigenvalue weighted by Gasteiger charge is 2.54. The number of rotatable bonds is 7. The second-order valence-electron chi connectivity index (χ2n) is 13.8. The molecule has 6 heteroatoms. The maximum Gasteiger partial charge on any atom is 0.419 e. The van der Waals surface area contributed by atoms with Gasteiger partial charge in [0, 0.05) is 33.5 Å². The second-order valence-corrected chi connectivity index (χ2v) is 13.8. The molecule has 0 N–H and O–H groups in total. The number of hydrogen-bond donors (Lipinski definition) is 0. The van der Waals surface area contributed by atoms with E-state index in [1.807, 2.05) is 0 Å². The van der Waals surface area contributed by atoms with E-state index in [2.05, 4.69) is 238 Å². The summed E-state index contributed by atoms with van der Waals surface area (Å²) in [6.07, 6.45) is 0. The van der Waals surface area contributed by atoms with Crippen molar-refractivity contribution >= 4 is 63.8 Å². The summed E-state index contributed by atoms with van der Waals surface area (Å²) in [4.78, 5) is 4.95. The number of nitrogens with zero attached hydrogens (tertiary/aromatic N) is 4. The Morgan fingerprint density at radius 3 is 1.28 bits per heavy atom. The Labute approximate surface area is 317 Å². The standard InChI is InChI=1S/C48H36B2N4/c1-5-21-39(22-6-1)49-52(41-24-7-2-8-25-41)50(54(43-28-11-4-12-29-43)53(49)42-26-9-3-10-27-42)40-23-17-19-37(35-40)38-20-18-30-44(36-38)51-47-33-15-13-31-45(47)46-32-14-16-34-48(46)51/h1-36H. The largest absolute Gasteiger partial charge is 0.419 e. The summed E-state index contributed by atoms with van der Waals surface area (Å²) in [5, 5.41) is 2.53. The van der Waals surface area contributed by atoms with E-state index in [1.165, 1.54) is 43.9 Å². The molecule has 10 rings (SSSR count). The summed E-state index contributed by atoms with van der Waals surface area (Å²) < 4.78 is 4.97. The molecule has 0 spiro atoms. The van der Waals surface area contributed by atoms with Gasteiger partial charge in [0.25, 0.3) is 0 Å². The topological polar surface area (TPSA) is 14.7 Å². The lowest BCUT2D eigenvalue weighted by Crippen LogP contribution is -2.58. The first-order valence-corrected chi connectivity index (χ1v) is 18.6. The molecule has 0 atom stereocenters. The molecule has 8 aromatic carbocycles. The van der Waals surface area contributed by atoms with Gasteiger partial charge >= 0.3 is 14.0 Å². The van der Waals surface area contributed by atoms with Gasteiger partial charge in [0.2, 0.25) is 0 Å². The van der Waals surface area contributed by atoms with E-state index in [4.69, 9.17) is 0 Å². The fourth-order valence-corrected chi connectivity index (χ4v) is 8.31. The Hall–Kier alpha value is -6.91. The third-order valence-electron chi connectivity index (χ3n) is 10.6. The number of hydrazine groups is 1. The van der Waals surface area contributed by atoms with Crippen LogP contribution in [0.5, 0.6) is 0 Å². The lowest BCUT2D eigenvalue weighted by atomic mass is 9.55. The van der Waals surface area contributed by atoms with Crippen LogP contribution in [0.4, 0.5) is 17.1 Å². The first kappa shape index (κ1) is 31.8. The van der Waals surface area contributed by atoms with Gasteiger partial charge in [0.05, 0.1) is 11.0 Å². The van der Waals surface area contributed by atoms with E-state index in [-0.39, 0.29) is 14.0 Å². The molecule has 254 valence electrons. The molecule has 2 heterocycles. The van der Waals surface area contributed by atoms with Crippen LogP contribution in [0.15, 0.2) is 218 Å². The maximum atomic E-state index is 2.57. The molecule has 0 amide bonds. The Balaban J connectivity index is 1.17. The fourth-order valence-electron chi connectivity index (χ4n) is 8.31. The number of benzene rings is 8. The lowest BCUT2D eigenvalue weighted by Gasteiger charge is -2.36. The molecule has 0 saturated carbocycles. The number of hydrogen-bond acceptors (Lipinski definition) is 3. The highest BCUT2D eigenvalue weighted by Crippen LogP contribution is 2.37. The first-order chi connectivity index (χ1) is 26.8. The van der Waals surface area contributed by atoms with Crippen molar-refractivity contribution in [3.05, 3.63) is 218 Å². The van der Waals surface area contributed by atoms with Crippen molar-refractivity contribution in [3.63, 3.8) is 0 Å². The van der Waals surface area contributed by atoms with Crippen molar-refractivity contribution in [3.8, 4) is 16.8 Å². The molecular formula is C48H36B2N4. The average molecular weight is 690 g/mol. The number of aromatic nitrogens is 1. The molecule has 54 heavy (non-hydrogen) atoms. The molecule has 0 radical (unpaired) electrons. The van der Waals surface area contributed by atoms with Crippen molar-refractivity contribution in [2.45, 2.75) is 0 Å². The minimum absolute atomic E-state index is 0.136. The highest BCUT2D eigenvalue weighted by molar-refractivity contribution is 7.03. The van der Waals surface area contributed by atoms with E-state index in [0.717, 1.165) is 22.7 Å². The number of fused-ring (bicyclic) bond motifs is 3. The summed E-state index contributed by atoms with van der Waals surface area (Å²) in [5.41, 5.74) is 11.7. The van der Waals surface area contributed by atoms with Gasteiger partial charge in [-0.1, -0.05) is 158 Å². The van der Waals surface area contributed by atoms with Crippen molar-refractivity contribution in [1.29, 1.82) is 0 Å². The molecule has 9 aromatic rings. The zero-order valence-corrected chi connectivity index (χ0v) is 29.7. The van der Waals surface area contributed by atoms with E-state index in [9.17, 15) is 0 Å².